The summed E-state index contributed by atoms with van der Waals surface area (Å²) in [4.78, 5) is 7.21. The van der Waals surface area contributed by atoms with Crippen molar-refractivity contribution in [3.8, 4) is 0 Å². The molecule has 0 saturated carbocycles. The summed E-state index contributed by atoms with van der Waals surface area (Å²) in [5.74, 6) is 1.47. The number of hydrogen-bond donors (Lipinski definition) is 1. The molecule has 4 rings (SSSR count). The highest BCUT2D eigenvalue weighted by molar-refractivity contribution is 5.91. The van der Waals surface area contributed by atoms with E-state index in [9.17, 15) is 5.11 Å². The first kappa shape index (κ1) is 13.5. The van der Waals surface area contributed by atoms with Crippen LogP contribution in [0.15, 0.2) is 30.3 Å². The van der Waals surface area contributed by atoms with E-state index in [1.165, 1.54) is 0 Å². The summed E-state index contributed by atoms with van der Waals surface area (Å²) >= 11 is 0. The minimum atomic E-state index is 0.295. The second-order valence-electron chi connectivity index (χ2n) is 6.12. The van der Waals surface area contributed by atoms with Gasteiger partial charge in [-0.1, -0.05) is 12.1 Å². The molecule has 0 radical (unpaired) electrons. The van der Waals surface area contributed by atoms with Gasteiger partial charge >= 0.3 is 0 Å². The average molecular weight is 296 g/mol. The third kappa shape index (κ3) is 2.13. The van der Waals surface area contributed by atoms with Crippen molar-refractivity contribution in [3.05, 3.63) is 36.0 Å². The van der Waals surface area contributed by atoms with Crippen molar-refractivity contribution in [2.24, 2.45) is 5.92 Å². The maximum atomic E-state index is 9.32. The summed E-state index contributed by atoms with van der Waals surface area (Å²) in [5.41, 5.74) is 2.98. The van der Waals surface area contributed by atoms with Crippen LogP contribution in [0, 0.1) is 12.8 Å². The van der Waals surface area contributed by atoms with E-state index in [2.05, 4.69) is 28.2 Å². The molecule has 5 nitrogen and oxygen atoms in total. The lowest BCUT2D eigenvalue weighted by Gasteiger charge is -2.32. The van der Waals surface area contributed by atoms with Gasteiger partial charge in [0.2, 0.25) is 0 Å². The normalized spacial score (nSPS) is 16.7. The van der Waals surface area contributed by atoms with Gasteiger partial charge in [0.05, 0.1) is 11.2 Å². The van der Waals surface area contributed by atoms with Crippen LogP contribution in [-0.2, 0) is 0 Å². The fraction of sp³-hybridized carbons (Fsp3) is 0.412. The summed E-state index contributed by atoms with van der Waals surface area (Å²) in [5, 5.41) is 15.0. The van der Waals surface area contributed by atoms with Gasteiger partial charge in [0, 0.05) is 31.1 Å². The van der Waals surface area contributed by atoms with Gasteiger partial charge in [0.1, 0.15) is 5.82 Å². The second-order valence-corrected chi connectivity index (χ2v) is 6.12. The molecule has 3 heterocycles. The Balaban J connectivity index is 1.85. The Hall–Kier alpha value is -2.14. The topological polar surface area (TPSA) is 53.7 Å². The summed E-state index contributed by atoms with van der Waals surface area (Å²) in [6.07, 6.45) is 2.05. The summed E-state index contributed by atoms with van der Waals surface area (Å²) in [7, 11) is 0. The highest BCUT2D eigenvalue weighted by Crippen LogP contribution is 2.29. The molecular formula is C17H20N4O. The molecule has 0 bridgehead atoms. The Labute approximate surface area is 129 Å². The summed E-state index contributed by atoms with van der Waals surface area (Å²) in [6.45, 7) is 4.19. The number of fused-ring (bicyclic) bond motifs is 3. The smallest absolute Gasteiger partial charge is 0.158 e. The zero-order valence-corrected chi connectivity index (χ0v) is 12.7. The SMILES string of the molecule is Cc1cc2nc(N3CCC(CO)CC3)c3ccccc3n2n1. The van der Waals surface area contributed by atoms with E-state index in [1.54, 1.807) is 0 Å². The van der Waals surface area contributed by atoms with E-state index in [4.69, 9.17) is 4.98 Å². The molecular weight excluding hydrogens is 276 g/mol. The van der Waals surface area contributed by atoms with Crippen molar-refractivity contribution in [1.29, 1.82) is 0 Å². The van der Waals surface area contributed by atoms with Crippen molar-refractivity contribution in [3.63, 3.8) is 0 Å². The number of rotatable bonds is 2. The van der Waals surface area contributed by atoms with Gasteiger partial charge in [-0.05, 0) is 37.8 Å². The predicted molar refractivity (Wildman–Crippen MR) is 87.3 cm³/mol. The average Bonchev–Trinajstić information content (AvgIpc) is 2.95. The number of hydrogen-bond acceptors (Lipinski definition) is 4. The largest absolute Gasteiger partial charge is 0.396 e. The monoisotopic (exact) mass is 296 g/mol. The van der Waals surface area contributed by atoms with E-state index in [0.29, 0.717) is 12.5 Å². The van der Waals surface area contributed by atoms with Gasteiger partial charge in [-0.15, -0.1) is 0 Å². The molecule has 22 heavy (non-hydrogen) atoms. The van der Waals surface area contributed by atoms with E-state index in [1.807, 2.05) is 23.6 Å². The van der Waals surface area contributed by atoms with Gasteiger partial charge in [0.15, 0.2) is 5.65 Å². The molecule has 0 spiro atoms. The third-order valence-corrected chi connectivity index (χ3v) is 4.58. The molecule has 0 amide bonds. The van der Waals surface area contributed by atoms with Crippen LogP contribution < -0.4 is 4.90 Å². The second kappa shape index (κ2) is 5.25. The molecule has 3 aromatic rings. The Bertz CT molecular complexity index is 818. The van der Waals surface area contributed by atoms with Crippen LogP contribution in [0.1, 0.15) is 18.5 Å². The molecule has 5 heteroatoms. The number of aliphatic hydroxyl groups is 1. The molecule has 1 aromatic carbocycles. The highest BCUT2D eigenvalue weighted by atomic mass is 16.3. The molecule has 2 aromatic heterocycles. The Morgan fingerprint density at radius 3 is 2.77 bits per heavy atom. The lowest BCUT2D eigenvalue weighted by atomic mass is 9.98. The van der Waals surface area contributed by atoms with Crippen molar-refractivity contribution in [2.75, 3.05) is 24.6 Å². The third-order valence-electron chi connectivity index (χ3n) is 4.58. The number of benzene rings is 1. The molecule has 1 saturated heterocycles. The lowest BCUT2D eigenvalue weighted by molar-refractivity contribution is 0.203. The molecule has 1 N–H and O–H groups in total. The van der Waals surface area contributed by atoms with Crippen LogP contribution in [0.5, 0.6) is 0 Å². The summed E-state index contributed by atoms with van der Waals surface area (Å²) in [6, 6.07) is 10.3. The van der Waals surface area contributed by atoms with Crippen molar-refractivity contribution in [2.45, 2.75) is 19.8 Å². The molecule has 0 unspecified atom stereocenters. The van der Waals surface area contributed by atoms with Gasteiger partial charge in [-0.25, -0.2) is 9.50 Å². The number of aromatic nitrogens is 3. The Morgan fingerprint density at radius 2 is 2.00 bits per heavy atom. The minimum absolute atomic E-state index is 0.295. The van der Waals surface area contributed by atoms with Crippen LogP contribution in [0.3, 0.4) is 0 Å². The van der Waals surface area contributed by atoms with Gasteiger partial charge in [-0.3, -0.25) is 0 Å². The molecule has 1 fully saturated rings. The van der Waals surface area contributed by atoms with Crippen LogP contribution in [0.25, 0.3) is 16.6 Å². The molecule has 0 atom stereocenters. The van der Waals surface area contributed by atoms with E-state index < -0.39 is 0 Å². The van der Waals surface area contributed by atoms with Crippen LogP contribution in [0.2, 0.25) is 0 Å². The number of anilines is 1. The number of aliphatic hydroxyl groups excluding tert-OH is 1. The first-order valence-electron chi connectivity index (χ1n) is 7.87. The first-order chi connectivity index (χ1) is 10.8. The maximum absolute atomic E-state index is 9.32. The lowest BCUT2D eigenvalue weighted by Crippen LogP contribution is -2.35. The molecule has 0 aliphatic carbocycles. The van der Waals surface area contributed by atoms with Crippen LogP contribution >= 0.6 is 0 Å². The van der Waals surface area contributed by atoms with Crippen molar-refractivity contribution >= 4 is 22.4 Å². The zero-order valence-electron chi connectivity index (χ0n) is 12.7. The Kier molecular flexibility index (Phi) is 3.22. The quantitative estimate of drug-likeness (QED) is 0.789. The Morgan fingerprint density at radius 1 is 1.23 bits per heavy atom. The van der Waals surface area contributed by atoms with Gasteiger partial charge in [-0.2, -0.15) is 5.10 Å². The standard InChI is InChI=1S/C17H20N4O/c1-12-10-16-18-17(20-8-6-13(11-22)7-9-20)14-4-2-3-5-15(14)21(16)19-12/h2-5,10,13,22H,6-9,11H2,1H3. The van der Waals surface area contributed by atoms with Crippen molar-refractivity contribution in [1.82, 2.24) is 14.6 Å². The number of para-hydroxylation sites is 1. The van der Waals surface area contributed by atoms with Gasteiger partial charge in [0.25, 0.3) is 0 Å². The predicted octanol–water partition coefficient (Wildman–Crippen LogP) is 2.40. The fourth-order valence-corrected chi connectivity index (χ4v) is 3.33. The van der Waals surface area contributed by atoms with E-state index >= 15 is 0 Å². The number of aryl methyl sites for hydroxylation is 1. The number of piperidine rings is 1. The highest BCUT2D eigenvalue weighted by Gasteiger charge is 2.22. The van der Waals surface area contributed by atoms with Crippen LogP contribution in [0.4, 0.5) is 5.82 Å². The minimum Gasteiger partial charge on any atom is -0.396 e. The fourth-order valence-electron chi connectivity index (χ4n) is 3.33. The van der Waals surface area contributed by atoms with E-state index in [-0.39, 0.29) is 0 Å². The summed E-state index contributed by atoms with van der Waals surface area (Å²) < 4.78 is 1.93. The van der Waals surface area contributed by atoms with Crippen molar-refractivity contribution < 1.29 is 5.11 Å². The number of nitrogens with zero attached hydrogens (tertiary/aromatic N) is 4. The first-order valence-corrected chi connectivity index (χ1v) is 7.87. The van der Waals surface area contributed by atoms with E-state index in [0.717, 1.165) is 54.0 Å². The molecule has 114 valence electrons. The zero-order chi connectivity index (χ0) is 15.1. The molecule has 1 aliphatic rings. The molecule has 1 aliphatic heterocycles. The van der Waals surface area contributed by atoms with Crippen LogP contribution in [-0.4, -0.2) is 39.4 Å². The van der Waals surface area contributed by atoms with Gasteiger partial charge < -0.3 is 10.0 Å². The maximum Gasteiger partial charge on any atom is 0.158 e.